The standard InChI is InChI=1S/C16H17ClO5S2/c1-3-11(18)16-12(19)6-10(7-13(16)20)9-4-5-14(23-2)15(8-9)24(17,21)22/h4-5,8,10,19H,3,6-7H2,1-2H3. The molecular formula is C16H17ClO5S2. The molecule has 8 heteroatoms. The fourth-order valence-corrected chi connectivity index (χ4v) is 4.91. The minimum Gasteiger partial charge on any atom is -0.511 e. The van der Waals surface area contributed by atoms with Gasteiger partial charge in [-0.25, -0.2) is 8.42 Å². The van der Waals surface area contributed by atoms with Gasteiger partial charge in [0.15, 0.2) is 11.6 Å². The third-order valence-corrected chi connectivity index (χ3v) is 6.25. The van der Waals surface area contributed by atoms with E-state index in [0.29, 0.717) is 10.5 Å². The summed E-state index contributed by atoms with van der Waals surface area (Å²) in [5.74, 6) is -1.41. The average molecular weight is 389 g/mol. The number of benzene rings is 1. The number of carbonyl (C=O) groups is 2. The van der Waals surface area contributed by atoms with Crippen LogP contribution in [0, 0.1) is 0 Å². The van der Waals surface area contributed by atoms with Crippen LogP contribution in [0.25, 0.3) is 0 Å². The van der Waals surface area contributed by atoms with E-state index < -0.39 is 14.8 Å². The Kier molecular flexibility index (Phi) is 5.78. The molecule has 0 saturated heterocycles. The van der Waals surface area contributed by atoms with Gasteiger partial charge in [0.25, 0.3) is 9.05 Å². The second-order valence-electron chi connectivity index (χ2n) is 5.47. The van der Waals surface area contributed by atoms with Crippen LogP contribution in [0.5, 0.6) is 0 Å². The number of hydrogen-bond acceptors (Lipinski definition) is 6. The lowest BCUT2D eigenvalue weighted by atomic mass is 9.81. The van der Waals surface area contributed by atoms with Crippen LogP contribution >= 0.6 is 22.4 Å². The lowest BCUT2D eigenvalue weighted by molar-refractivity contribution is -0.122. The second kappa shape index (κ2) is 7.29. The molecule has 1 N–H and O–H groups in total. The van der Waals surface area contributed by atoms with Crippen molar-refractivity contribution in [1.82, 2.24) is 0 Å². The van der Waals surface area contributed by atoms with Gasteiger partial charge in [-0.1, -0.05) is 13.0 Å². The highest BCUT2D eigenvalue weighted by atomic mass is 35.7. The third kappa shape index (κ3) is 3.84. The number of carbonyl (C=O) groups excluding carboxylic acids is 2. The van der Waals surface area contributed by atoms with Crippen molar-refractivity contribution in [3.63, 3.8) is 0 Å². The van der Waals surface area contributed by atoms with Crippen LogP contribution in [0.3, 0.4) is 0 Å². The summed E-state index contributed by atoms with van der Waals surface area (Å²) in [5, 5.41) is 10.1. The minimum atomic E-state index is -3.92. The first-order valence-corrected chi connectivity index (χ1v) is 10.8. The number of thioether (sulfide) groups is 1. The zero-order valence-electron chi connectivity index (χ0n) is 13.2. The molecule has 0 fully saturated rings. The van der Waals surface area contributed by atoms with E-state index in [1.165, 1.54) is 17.8 Å². The summed E-state index contributed by atoms with van der Waals surface area (Å²) in [6, 6.07) is 4.79. The lowest BCUT2D eigenvalue weighted by Crippen LogP contribution is -2.23. The predicted octanol–water partition coefficient (Wildman–Crippen LogP) is 3.57. The first-order chi connectivity index (χ1) is 11.2. The van der Waals surface area contributed by atoms with Crippen LogP contribution in [0.2, 0.25) is 0 Å². The van der Waals surface area contributed by atoms with E-state index in [4.69, 9.17) is 10.7 Å². The van der Waals surface area contributed by atoms with Crippen molar-refractivity contribution in [2.24, 2.45) is 0 Å². The normalized spacial score (nSPS) is 18.8. The minimum absolute atomic E-state index is 0.0134. The van der Waals surface area contributed by atoms with Crippen molar-refractivity contribution in [2.75, 3.05) is 6.26 Å². The average Bonchev–Trinajstić information content (AvgIpc) is 2.52. The number of halogens is 1. The summed E-state index contributed by atoms with van der Waals surface area (Å²) in [6.45, 7) is 1.63. The van der Waals surface area contributed by atoms with Gasteiger partial charge in [-0.3, -0.25) is 9.59 Å². The van der Waals surface area contributed by atoms with Crippen LogP contribution in [0.4, 0.5) is 0 Å². The smallest absolute Gasteiger partial charge is 0.262 e. The highest BCUT2D eigenvalue weighted by molar-refractivity contribution is 8.14. The number of rotatable bonds is 5. The Morgan fingerprint density at radius 3 is 2.54 bits per heavy atom. The number of allylic oxidation sites excluding steroid dienone is 2. The maximum Gasteiger partial charge on any atom is 0.262 e. The van der Waals surface area contributed by atoms with Gasteiger partial charge in [0, 0.05) is 34.8 Å². The van der Waals surface area contributed by atoms with E-state index in [9.17, 15) is 23.1 Å². The van der Waals surface area contributed by atoms with Gasteiger partial charge in [0.05, 0.1) is 10.5 Å². The van der Waals surface area contributed by atoms with Crippen LogP contribution in [-0.4, -0.2) is 31.3 Å². The van der Waals surface area contributed by atoms with Gasteiger partial charge < -0.3 is 5.11 Å². The summed E-state index contributed by atoms with van der Waals surface area (Å²) in [5.41, 5.74) is 0.467. The molecule has 0 amide bonds. The molecule has 1 aliphatic rings. The molecule has 5 nitrogen and oxygen atoms in total. The predicted molar refractivity (Wildman–Crippen MR) is 93.2 cm³/mol. The first kappa shape index (κ1) is 19.0. The zero-order chi connectivity index (χ0) is 18.1. The van der Waals surface area contributed by atoms with E-state index in [1.807, 2.05) is 0 Å². The molecule has 0 aromatic heterocycles. The number of hydrogen-bond donors (Lipinski definition) is 1. The van der Waals surface area contributed by atoms with Crippen molar-refractivity contribution in [2.45, 2.75) is 41.9 Å². The Hall–Kier alpha value is -1.31. The Balaban J connectivity index is 2.43. The van der Waals surface area contributed by atoms with Gasteiger partial charge in [-0.2, -0.15) is 0 Å². The topological polar surface area (TPSA) is 88.5 Å². The maximum absolute atomic E-state index is 12.2. The molecule has 0 heterocycles. The van der Waals surface area contributed by atoms with Gasteiger partial charge in [0.1, 0.15) is 5.76 Å². The SMILES string of the molecule is CCC(=O)C1=C(O)CC(c2ccc(SC)c(S(=O)(=O)Cl)c2)CC1=O. The molecule has 24 heavy (non-hydrogen) atoms. The molecule has 0 saturated carbocycles. The van der Waals surface area contributed by atoms with E-state index in [2.05, 4.69) is 0 Å². The lowest BCUT2D eigenvalue weighted by Gasteiger charge is -2.23. The van der Waals surface area contributed by atoms with Gasteiger partial charge in [-0.15, -0.1) is 11.8 Å². The van der Waals surface area contributed by atoms with Crippen LogP contribution in [0.15, 0.2) is 39.3 Å². The van der Waals surface area contributed by atoms with E-state index in [-0.39, 0.29) is 47.2 Å². The number of ketones is 2. The van der Waals surface area contributed by atoms with E-state index in [1.54, 1.807) is 25.3 Å². The van der Waals surface area contributed by atoms with Crippen molar-refractivity contribution < 1.29 is 23.1 Å². The Bertz CT molecular complexity index is 827. The van der Waals surface area contributed by atoms with E-state index in [0.717, 1.165) is 0 Å². The fourth-order valence-electron chi connectivity index (χ4n) is 2.76. The molecule has 1 atom stereocenters. The summed E-state index contributed by atoms with van der Waals surface area (Å²) >= 11 is 1.25. The zero-order valence-corrected chi connectivity index (χ0v) is 15.6. The second-order valence-corrected chi connectivity index (χ2v) is 8.86. The number of aliphatic hydroxyl groups is 1. The van der Waals surface area contributed by atoms with E-state index >= 15 is 0 Å². The largest absolute Gasteiger partial charge is 0.511 e. The van der Waals surface area contributed by atoms with Crippen molar-refractivity contribution in [3.05, 3.63) is 35.1 Å². The maximum atomic E-state index is 12.2. The van der Waals surface area contributed by atoms with Crippen molar-refractivity contribution in [3.8, 4) is 0 Å². The molecule has 1 aromatic carbocycles. The Morgan fingerprint density at radius 1 is 1.38 bits per heavy atom. The highest BCUT2D eigenvalue weighted by Crippen LogP contribution is 2.37. The van der Waals surface area contributed by atoms with Crippen molar-refractivity contribution in [1.29, 1.82) is 0 Å². The molecule has 1 unspecified atom stereocenters. The van der Waals surface area contributed by atoms with Gasteiger partial charge in [0.2, 0.25) is 0 Å². The number of aliphatic hydroxyl groups excluding tert-OH is 1. The molecule has 1 aliphatic carbocycles. The molecule has 130 valence electrons. The molecule has 1 aromatic rings. The van der Waals surface area contributed by atoms with Gasteiger partial charge in [-0.05, 0) is 29.9 Å². The van der Waals surface area contributed by atoms with Crippen LogP contribution in [0.1, 0.15) is 37.7 Å². The summed E-state index contributed by atoms with van der Waals surface area (Å²) in [6.07, 6.45) is 2.05. The molecule has 0 spiro atoms. The fraction of sp³-hybridized carbons (Fsp3) is 0.375. The summed E-state index contributed by atoms with van der Waals surface area (Å²) in [7, 11) is 1.56. The van der Waals surface area contributed by atoms with Crippen molar-refractivity contribution >= 4 is 43.1 Å². The van der Waals surface area contributed by atoms with Crippen LogP contribution < -0.4 is 0 Å². The van der Waals surface area contributed by atoms with Gasteiger partial charge >= 0.3 is 0 Å². The molecule has 2 rings (SSSR count). The third-order valence-electron chi connectivity index (χ3n) is 3.96. The quantitative estimate of drug-likeness (QED) is 0.471. The molecule has 0 bridgehead atoms. The Labute approximate surface area is 149 Å². The molecule has 0 aliphatic heterocycles. The number of Topliss-reactive ketones (excluding diaryl/α,β-unsaturated/α-hetero) is 2. The first-order valence-electron chi connectivity index (χ1n) is 7.30. The summed E-state index contributed by atoms with van der Waals surface area (Å²) in [4.78, 5) is 24.5. The monoisotopic (exact) mass is 388 g/mol. The molecule has 0 radical (unpaired) electrons. The summed E-state index contributed by atoms with van der Waals surface area (Å²) < 4.78 is 23.5. The highest BCUT2D eigenvalue weighted by Gasteiger charge is 2.32. The van der Waals surface area contributed by atoms with Crippen LogP contribution in [-0.2, 0) is 18.6 Å². The Morgan fingerprint density at radius 2 is 2.04 bits per heavy atom. The molecular weight excluding hydrogens is 372 g/mol.